The van der Waals surface area contributed by atoms with E-state index in [1.807, 2.05) is 12.1 Å². The Balaban J connectivity index is 1.26. The van der Waals surface area contributed by atoms with Crippen molar-refractivity contribution < 1.29 is 14.2 Å². The van der Waals surface area contributed by atoms with E-state index in [1.165, 1.54) is 12.3 Å². The summed E-state index contributed by atoms with van der Waals surface area (Å²) in [6.07, 6.45) is 4.54. The van der Waals surface area contributed by atoms with E-state index in [9.17, 15) is 9.50 Å². The van der Waals surface area contributed by atoms with Crippen molar-refractivity contribution in [3.05, 3.63) is 54.1 Å². The zero-order valence-corrected chi connectivity index (χ0v) is 14.1. The van der Waals surface area contributed by atoms with E-state index in [-0.39, 0.29) is 17.7 Å². The number of ether oxygens (including phenoxy) is 1. The molecule has 2 aliphatic rings. The van der Waals surface area contributed by atoms with Crippen LogP contribution in [0, 0.1) is 17.7 Å². The molecular formula is C20H23FN2O2. The molecule has 2 fully saturated rings. The third-order valence-electron chi connectivity index (χ3n) is 5.41. The number of aromatic hydroxyl groups is 1. The van der Waals surface area contributed by atoms with Gasteiger partial charge in [-0.3, -0.25) is 4.98 Å². The van der Waals surface area contributed by atoms with Crippen molar-refractivity contribution >= 4 is 0 Å². The molecule has 0 radical (unpaired) electrons. The molecule has 2 heterocycles. The van der Waals surface area contributed by atoms with Crippen LogP contribution in [0.2, 0.25) is 0 Å². The molecule has 1 saturated heterocycles. The smallest absolute Gasteiger partial charge is 0.165 e. The Labute approximate surface area is 147 Å². The number of likely N-dealkylation sites (tertiary alicyclic amines) is 1. The van der Waals surface area contributed by atoms with Crippen molar-refractivity contribution in [3.63, 3.8) is 0 Å². The molecule has 1 aliphatic carbocycles. The lowest BCUT2D eigenvalue weighted by Gasteiger charge is -2.19. The Hall–Kier alpha value is -2.14. The van der Waals surface area contributed by atoms with Crippen LogP contribution in [0.5, 0.6) is 11.5 Å². The zero-order valence-electron chi connectivity index (χ0n) is 14.1. The second-order valence-electron chi connectivity index (χ2n) is 7.18. The average Bonchev–Trinajstić information content (AvgIpc) is 3.14. The number of hydrogen-bond acceptors (Lipinski definition) is 4. The summed E-state index contributed by atoms with van der Waals surface area (Å²) in [6, 6.07) is 10.2. The standard InChI is InChI=1S/C20H23FN2O2/c21-19-3-1-2-4-20(19)25-18-9-14-12-23(13-15(14)10-18)8-7-16-5-6-17(24)11-22-16/h1-6,11,14-15,18,24H,7-10,12-13H2/t14-,15+,18?. The Bertz CT molecular complexity index is 708. The van der Waals surface area contributed by atoms with E-state index in [2.05, 4.69) is 9.88 Å². The third-order valence-corrected chi connectivity index (χ3v) is 5.41. The molecule has 2 aromatic rings. The number of fused-ring (bicyclic) bond motifs is 1. The third kappa shape index (κ3) is 3.76. The number of hydrogen-bond donors (Lipinski definition) is 1. The number of benzene rings is 1. The van der Waals surface area contributed by atoms with Crippen LogP contribution in [-0.4, -0.2) is 40.7 Å². The monoisotopic (exact) mass is 342 g/mol. The molecule has 1 aromatic heterocycles. The highest BCUT2D eigenvalue weighted by Gasteiger charge is 2.41. The van der Waals surface area contributed by atoms with Gasteiger partial charge in [0.15, 0.2) is 11.6 Å². The fourth-order valence-corrected chi connectivity index (χ4v) is 4.18. The first-order chi connectivity index (χ1) is 12.2. The fraction of sp³-hybridized carbons (Fsp3) is 0.450. The Kier molecular flexibility index (Phi) is 4.57. The molecule has 0 amide bonds. The molecule has 1 N–H and O–H groups in total. The minimum absolute atomic E-state index is 0.132. The normalized spacial score (nSPS) is 25.9. The molecule has 5 heteroatoms. The quantitative estimate of drug-likeness (QED) is 0.906. The van der Waals surface area contributed by atoms with Crippen molar-refractivity contribution in [1.29, 1.82) is 0 Å². The average molecular weight is 342 g/mol. The van der Waals surface area contributed by atoms with Crippen LogP contribution >= 0.6 is 0 Å². The lowest BCUT2D eigenvalue weighted by molar-refractivity contribution is 0.179. The van der Waals surface area contributed by atoms with Gasteiger partial charge in [-0.1, -0.05) is 12.1 Å². The number of pyridine rings is 1. The summed E-state index contributed by atoms with van der Waals surface area (Å²) in [5.41, 5.74) is 1.01. The molecule has 0 spiro atoms. The van der Waals surface area contributed by atoms with Crippen molar-refractivity contribution in [2.24, 2.45) is 11.8 Å². The molecule has 1 aromatic carbocycles. The van der Waals surface area contributed by atoms with Gasteiger partial charge < -0.3 is 14.7 Å². The Morgan fingerprint density at radius 2 is 1.88 bits per heavy atom. The summed E-state index contributed by atoms with van der Waals surface area (Å²) in [5.74, 6) is 1.60. The van der Waals surface area contributed by atoms with E-state index < -0.39 is 0 Å². The summed E-state index contributed by atoms with van der Waals surface area (Å²) in [5, 5.41) is 9.28. The molecule has 132 valence electrons. The highest BCUT2D eigenvalue weighted by molar-refractivity contribution is 5.24. The minimum atomic E-state index is -0.275. The topological polar surface area (TPSA) is 45.6 Å². The molecule has 1 saturated carbocycles. The highest BCUT2D eigenvalue weighted by Crippen LogP contribution is 2.40. The molecule has 25 heavy (non-hydrogen) atoms. The van der Waals surface area contributed by atoms with Crippen molar-refractivity contribution in [3.8, 4) is 11.5 Å². The van der Waals surface area contributed by atoms with Gasteiger partial charge in [0.2, 0.25) is 0 Å². The maximum Gasteiger partial charge on any atom is 0.165 e. The first-order valence-corrected chi connectivity index (χ1v) is 8.95. The van der Waals surface area contributed by atoms with Crippen molar-refractivity contribution in [1.82, 2.24) is 9.88 Å². The van der Waals surface area contributed by atoms with Crippen LogP contribution < -0.4 is 4.74 Å². The largest absolute Gasteiger partial charge is 0.506 e. The first kappa shape index (κ1) is 16.3. The van der Waals surface area contributed by atoms with Gasteiger partial charge in [0, 0.05) is 31.7 Å². The van der Waals surface area contributed by atoms with Gasteiger partial charge in [-0.25, -0.2) is 4.39 Å². The molecule has 4 rings (SSSR count). The van der Waals surface area contributed by atoms with E-state index in [0.717, 1.165) is 44.6 Å². The van der Waals surface area contributed by atoms with Crippen LogP contribution in [0.25, 0.3) is 0 Å². The summed E-state index contributed by atoms with van der Waals surface area (Å²) in [4.78, 5) is 6.74. The van der Waals surface area contributed by atoms with E-state index in [4.69, 9.17) is 4.74 Å². The van der Waals surface area contributed by atoms with Crippen LogP contribution in [0.3, 0.4) is 0 Å². The van der Waals surface area contributed by atoms with E-state index in [0.29, 0.717) is 17.6 Å². The zero-order chi connectivity index (χ0) is 17.2. The minimum Gasteiger partial charge on any atom is -0.506 e. The maximum atomic E-state index is 13.7. The van der Waals surface area contributed by atoms with Gasteiger partial charge in [-0.05, 0) is 48.9 Å². The predicted molar refractivity (Wildman–Crippen MR) is 93.1 cm³/mol. The van der Waals surface area contributed by atoms with Gasteiger partial charge in [-0.15, -0.1) is 0 Å². The predicted octanol–water partition coefficient (Wildman–Crippen LogP) is 3.26. The number of halogens is 1. The number of para-hydroxylation sites is 1. The van der Waals surface area contributed by atoms with Crippen LogP contribution in [-0.2, 0) is 6.42 Å². The summed E-state index contributed by atoms with van der Waals surface area (Å²) >= 11 is 0. The molecule has 4 nitrogen and oxygen atoms in total. The lowest BCUT2D eigenvalue weighted by atomic mass is 10.0. The second kappa shape index (κ2) is 7.00. The van der Waals surface area contributed by atoms with Gasteiger partial charge in [0.05, 0.1) is 12.3 Å². The van der Waals surface area contributed by atoms with Gasteiger partial charge in [-0.2, -0.15) is 0 Å². The fourth-order valence-electron chi connectivity index (χ4n) is 4.18. The van der Waals surface area contributed by atoms with E-state index in [1.54, 1.807) is 18.2 Å². The van der Waals surface area contributed by atoms with Crippen LogP contribution in [0.1, 0.15) is 18.5 Å². The molecule has 3 atom stereocenters. The lowest BCUT2D eigenvalue weighted by Crippen LogP contribution is -2.26. The Morgan fingerprint density at radius 3 is 2.56 bits per heavy atom. The summed E-state index contributed by atoms with van der Waals surface area (Å²) < 4.78 is 19.6. The van der Waals surface area contributed by atoms with E-state index >= 15 is 0 Å². The van der Waals surface area contributed by atoms with Gasteiger partial charge in [0.25, 0.3) is 0 Å². The number of rotatable bonds is 5. The van der Waals surface area contributed by atoms with Crippen LogP contribution in [0.4, 0.5) is 4.39 Å². The molecule has 0 bridgehead atoms. The molecular weight excluding hydrogens is 319 g/mol. The maximum absolute atomic E-state index is 13.7. The second-order valence-corrected chi connectivity index (χ2v) is 7.18. The van der Waals surface area contributed by atoms with Crippen molar-refractivity contribution in [2.45, 2.75) is 25.4 Å². The molecule has 1 unspecified atom stereocenters. The summed E-state index contributed by atoms with van der Waals surface area (Å²) in [6.45, 7) is 3.16. The number of nitrogens with zero attached hydrogens (tertiary/aromatic N) is 2. The Morgan fingerprint density at radius 1 is 1.12 bits per heavy atom. The van der Waals surface area contributed by atoms with Gasteiger partial charge >= 0.3 is 0 Å². The summed E-state index contributed by atoms with van der Waals surface area (Å²) in [7, 11) is 0. The highest BCUT2D eigenvalue weighted by atomic mass is 19.1. The first-order valence-electron chi connectivity index (χ1n) is 8.95. The SMILES string of the molecule is Oc1ccc(CCN2C[C@H]3CC(Oc4ccccc4F)C[C@H]3C2)nc1. The van der Waals surface area contributed by atoms with Gasteiger partial charge in [0.1, 0.15) is 5.75 Å². The molecule has 1 aliphatic heterocycles. The van der Waals surface area contributed by atoms with Crippen molar-refractivity contribution in [2.75, 3.05) is 19.6 Å². The number of aromatic nitrogens is 1. The van der Waals surface area contributed by atoms with Crippen LogP contribution in [0.15, 0.2) is 42.6 Å².